The Bertz CT molecular complexity index is 3140. The van der Waals surface area contributed by atoms with Crippen LogP contribution >= 0.6 is 0 Å². The summed E-state index contributed by atoms with van der Waals surface area (Å²) >= 11 is 0. The van der Waals surface area contributed by atoms with E-state index in [0.29, 0.717) is 17.5 Å². The second kappa shape index (κ2) is 11.3. The molecule has 5 heteroatoms. The smallest absolute Gasteiger partial charge is 0.164 e. The van der Waals surface area contributed by atoms with Crippen molar-refractivity contribution in [2.45, 2.75) is 12.8 Å². The summed E-state index contributed by atoms with van der Waals surface area (Å²) in [5.74, 6) is 1.94. The summed E-state index contributed by atoms with van der Waals surface area (Å²) in [7, 11) is 0. The average Bonchev–Trinajstić information content (AvgIpc) is 3.79. The summed E-state index contributed by atoms with van der Waals surface area (Å²) < 4.78 is 13.0. The first-order valence-corrected chi connectivity index (χ1v) is 17.7. The molecule has 11 rings (SSSR count). The summed E-state index contributed by atoms with van der Waals surface area (Å²) in [4.78, 5) is 15.3. The van der Waals surface area contributed by atoms with Gasteiger partial charge in [0.1, 0.15) is 22.3 Å². The van der Waals surface area contributed by atoms with Gasteiger partial charge in [-0.1, -0.05) is 115 Å². The molecule has 3 aromatic heterocycles. The zero-order valence-corrected chi connectivity index (χ0v) is 28.0. The monoisotopic (exact) mass is 667 g/mol. The van der Waals surface area contributed by atoms with E-state index in [9.17, 15) is 0 Å². The lowest BCUT2D eigenvalue weighted by Crippen LogP contribution is -2.03. The van der Waals surface area contributed by atoms with E-state index in [1.165, 1.54) is 5.39 Å². The van der Waals surface area contributed by atoms with Crippen LogP contribution in [0.25, 0.3) is 105 Å². The fourth-order valence-corrected chi connectivity index (χ4v) is 7.83. The Morgan fingerprint density at radius 2 is 1.21 bits per heavy atom. The van der Waals surface area contributed by atoms with E-state index in [1.807, 2.05) is 24.3 Å². The number of fused-ring (bicyclic) bond motifs is 9. The van der Waals surface area contributed by atoms with Crippen molar-refractivity contribution in [3.8, 4) is 33.9 Å². The second-order valence-electron chi connectivity index (χ2n) is 13.4. The van der Waals surface area contributed by atoms with Crippen LogP contribution in [-0.2, 0) is 0 Å². The Balaban J connectivity index is 1.10. The number of benzene rings is 7. The fourth-order valence-electron chi connectivity index (χ4n) is 7.83. The summed E-state index contributed by atoms with van der Waals surface area (Å²) in [6, 6.07) is 46.4. The molecule has 0 spiro atoms. The highest BCUT2D eigenvalue weighted by Gasteiger charge is 2.20. The minimum Gasteiger partial charge on any atom is -0.456 e. The predicted octanol–water partition coefficient (Wildman–Crippen LogP) is 12.7. The van der Waals surface area contributed by atoms with Gasteiger partial charge >= 0.3 is 0 Å². The van der Waals surface area contributed by atoms with Crippen molar-refractivity contribution in [3.05, 3.63) is 158 Å². The third kappa shape index (κ3) is 4.53. The molecule has 1 aliphatic rings. The van der Waals surface area contributed by atoms with Crippen molar-refractivity contribution < 1.29 is 8.83 Å². The van der Waals surface area contributed by atoms with Gasteiger partial charge in [0.05, 0.1) is 0 Å². The molecule has 52 heavy (non-hydrogen) atoms. The molecule has 0 fully saturated rings. The Morgan fingerprint density at radius 1 is 0.442 bits per heavy atom. The van der Waals surface area contributed by atoms with Gasteiger partial charge < -0.3 is 8.83 Å². The van der Waals surface area contributed by atoms with Crippen LogP contribution in [0.4, 0.5) is 0 Å². The molecule has 0 saturated carbocycles. The molecule has 0 saturated heterocycles. The van der Waals surface area contributed by atoms with Gasteiger partial charge in [-0.05, 0) is 76.5 Å². The maximum atomic E-state index is 6.63. The number of hydrogen-bond donors (Lipinski definition) is 0. The topological polar surface area (TPSA) is 65.0 Å². The molecular weight excluding hydrogens is 639 g/mol. The van der Waals surface area contributed by atoms with E-state index in [1.54, 1.807) is 0 Å². The number of para-hydroxylation sites is 1. The molecule has 5 nitrogen and oxygen atoms in total. The van der Waals surface area contributed by atoms with E-state index in [-0.39, 0.29) is 0 Å². The Hall–Kier alpha value is -6.85. The predicted molar refractivity (Wildman–Crippen MR) is 212 cm³/mol. The van der Waals surface area contributed by atoms with Gasteiger partial charge in [-0.15, -0.1) is 0 Å². The first kappa shape index (κ1) is 28.9. The number of rotatable bonds is 4. The van der Waals surface area contributed by atoms with Gasteiger partial charge in [0.2, 0.25) is 0 Å². The average molecular weight is 668 g/mol. The van der Waals surface area contributed by atoms with Crippen LogP contribution in [0.15, 0.2) is 161 Å². The number of furan rings is 2. The molecule has 1 aliphatic carbocycles. The lowest BCUT2D eigenvalue weighted by atomic mass is 9.94. The second-order valence-corrected chi connectivity index (χ2v) is 13.4. The summed E-state index contributed by atoms with van der Waals surface area (Å²) in [5.41, 5.74) is 8.48. The summed E-state index contributed by atoms with van der Waals surface area (Å²) in [6.45, 7) is 0. The Labute approximate surface area is 298 Å². The van der Waals surface area contributed by atoms with E-state index in [2.05, 4.69) is 127 Å². The van der Waals surface area contributed by atoms with Gasteiger partial charge in [0, 0.05) is 43.6 Å². The van der Waals surface area contributed by atoms with Crippen molar-refractivity contribution in [2.24, 2.45) is 0 Å². The van der Waals surface area contributed by atoms with Gasteiger partial charge in [0.25, 0.3) is 0 Å². The molecule has 7 aromatic carbocycles. The number of allylic oxidation sites excluding steroid dienone is 4. The molecule has 0 bridgehead atoms. The number of hydrogen-bond acceptors (Lipinski definition) is 5. The van der Waals surface area contributed by atoms with Crippen LogP contribution in [0.2, 0.25) is 0 Å². The SMILES string of the molecule is C1=CC(c2nc(-c3ccc4ccccc4c3)nc(-c3cccc4oc5cc(-c6cc7c8ccccc8oc7c7ccccc67)ccc5c34)n2)=CCC1. The Kier molecular flexibility index (Phi) is 6.31. The highest BCUT2D eigenvalue weighted by atomic mass is 16.3. The van der Waals surface area contributed by atoms with E-state index < -0.39 is 0 Å². The summed E-state index contributed by atoms with van der Waals surface area (Å²) in [5, 5.41) is 8.76. The van der Waals surface area contributed by atoms with Crippen molar-refractivity contribution in [1.29, 1.82) is 0 Å². The molecule has 0 unspecified atom stereocenters. The zero-order valence-electron chi connectivity index (χ0n) is 28.0. The Morgan fingerprint density at radius 3 is 2.12 bits per heavy atom. The van der Waals surface area contributed by atoms with Gasteiger partial charge in [0.15, 0.2) is 17.5 Å². The van der Waals surface area contributed by atoms with Gasteiger partial charge in [-0.3, -0.25) is 0 Å². The van der Waals surface area contributed by atoms with Crippen LogP contribution in [0.5, 0.6) is 0 Å². The van der Waals surface area contributed by atoms with Gasteiger partial charge in [-0.25, -0.2) is 15.0 Å². The van der Waals surface area contributed by atoms with E-state index in [0.717, 1.165) is 101 Å². The highest BCUT2D eigenvalue weighted by molar-refractivity contribution is 6.20. The van der Waals surface area contributed by atoms with E-state index >= 15 is 0 Å². The maximum Gasteiger partial charge on any atom is 0.164 e. The molecule has 3 heterocycles. The highest BCUT2D eigenvalue weighted by Crippen LogP contribution is 2.42. The van der Waals surface area contributed by atoms with Crippen LogP contribution in [0.1, 0.15) is 18.7 Å². The first-order valence-electron chi connectivity index (χ1n) is 17.7. The van der Waals surface area contributed by atoms with Crippen molar-refractivity contribution in [3.63, 3.8) is 0 Å². The third-order valence-corrected chi connectivity index (χ3v) is 10.3. The molecule has 0 radical (unpaired) electrons. The quantitative estimate of drug-likeness (QED) is 0.187. The number of aromatic nitrogens is 3. The third-order valence-electron chi connectivity index (χ3n) is 10.3. The minimum absolute atomic E-state index is 0.619. The van der Waals surface area contributed by atoms with Crippen molar-refractivity contribution >= 4 is 71.0 Å². The zero-order chi connectivity index (χ0) is 34.2. The maximum absolute atomic E-state index is 6.63. The molecule has 0 amide bonds. The fraction of sp³-hybridized carbons (Fsp3) is 0.0426. The molecule has 0 aliphatic heterocycles. The van der Waals surface area contributed by atoms with Crippen LogP contribution in [-0.4, -0.2) is 15.0 Å². The first-order chi connectivity index (χ1) is 25.7. The lowest BCUT2D eigenvalue weighted by molar-refractivity contribution is 0.669. The van der Waals surface area contributed by atoms with Crippen LogP contribution < -0.4 is 0 Å². The summed E-state index contributed by atoms with van der Waals surface area (Å²) in [6.07, 6.45) is 8.50. The standard InChI is InChI=1S/C47H29N3O2/c1-2-12-29(13-3-1)45-48-46(32-22-21-28-11-4-5-14-30(28)25-32)50-47(49-45)37-18-10-20-41-43(37)36-24-23-31(26-42(36)51-41)38-27-39-34-16-8-9-19-40(34)52-44(39)35-17-7-6-15-33(35)38/h2,4-27H,1,3H2. The van der Waals surface area contributed by atoms with Crippen molar-refractivity contribution in [1.82, 2.24) is 15.0 Å². The normalized spacial score (nSPS) is 13.3. The molecule has 0 N–H and O–H groups in total. The number of nitrogens with zero attached hydrogens (tertiary/aromatic N) is 3. The van der Waals surface area contributed by atoms with Crippen LogP contribution in [0, 0.1) is 0 Å². The largest absolute Gasteiger partial charge is 0.456 e. The molecule has 10 aromatic rings. The van der Waals surface area contributed by atoms with Gasteiger partial charge in [-0.2, -0.15) is 0 Å². The van der Waals surface area contributed by atoms with E-state index in [4.69, 9.17) is 23.8 Å². The van der Waals surface area contributed by atoms with Crippen LogP contribution in [0.3, 0.4) is 0 Å². The van der Waals surface area contributed by atoms with Crippen molar-refractivity contribution in [2.75, 3.05) is 0 Å². The minimum atomic E-state index is 0.619. The lowest BCUT2D eigenvalue weighted by Gasteiger charge is -2.11. The molecule has 0 atom stereocenters. The molecular formula is C47H29N3O2. The molecule has 244 valence electrons.